The van der Waals surface area contributed by atoms with Gasteiger partial charge in [0.05, 0.1) is 5.75 Å². The molecule has 0 radical (unpaired) electrons. The van der Waals surface area contributed by atoms with Crippen LogP contribution in [-0.4, -0.2) is 69.7 Å². The van der Waals surface area contributed by atoms with Crippen LogP contribution in [0.3, 0.4) is 0 Å². The number of piperidine rings is 1. The van der Waals surface area contributed by atoms with Crippen molar-refractivity contribution in [2.45, 2.75) is 32.7 Å². The summed E-state index contributed by atoms with van der Waals surface area (Å²) < 4.78 is 26.0. The van der Waals surface area contributed by atoms with Crippen LogP contribution in [-0.2, 0) is 10.0 Å². The largest absolute Gasteiger partial charge is 0.313 e. The smallest absolute Gasteiger partial charge is 0.215 e. The molecule has 1 saturated heterocycles. The zero-order valence-electron chi connectivity index (χ0n) is 12.7. The van der Waals surface area contributed by atoms with Gasteiger partial charge in [0, 0.05) is 32.2 Å². The lowest BCUT2D eigenvalue weighted by Crippen LogP contribution is -2.43. The third kappa shape index (κ3) is 6.21. The molecular weight excluding hydrogens is 262 g/mol. The van der Waals surface area contributed by atoms with E-state index in [-0.39, 0.29) is 5.75 Å². The first-order valence-electron chi connectivity index (χ1n) is 7.17. The van der Waals surface area contributed by atoms with Crippen molar-refractivity contribution < 1.29 is 8.42 Å². The average Bonchev–Trinajstić information content (AvgIpc) is 2.28. The summed E-state index contributed by atoms with van der Waals surface area (Å²) in [5.74, 6) is 0.846. The molecule has 0 unspecified atom stereocenters. The third-order valence-electron chi connectivity index (χ3n) is 3.50. The molecule has 1 heterocycles. The molecule has 1 aliphatic heterocycles. The van der Waals surface area contributed by atoms with E-state index in [0.717, 1.165) is 19.4 Å². The van der Waals surface area contributed by atoms with E-state index < -0.39 is 10.0 Å². The number of nitrogens with zero attached hydrogens (tertiary/aromatic N) is 2. The summed E-state index contributed by atoms with van der Waals surface area (Å²) in [5.41, 5.74) is 0. The van der Waals surface area contributed by atoms with Gasteiger partial charge in [-0.05, 0) is 32.9 Å². The van der Waals surface area contributed by atoms with Crippen molar-refractivity contribution in [3.63, 3.8) is 0 Å². The van der Waals surface area contributed by atoms with Crippen LogP contribution in [0.1, 0.15) is 26.7 Å². The van der Waals surface area contributed by atoms with Crippen molar-refractivity contribution >= 4 is 10.0 Å². The van der Waals surface area contributed by atoms with Gasteiger partial charge in [-0.25, -0.2) is 12.7 Å². The van der Waals surface area contributed by atoms with Crippen LogP contribution in [0.15, 0.2) is 0 Å². The molecule has 5 nitrogen and oxygen atoms in total. The van der Waals surface area contributed by atoms with Gasteiger partial charge in [-0.15, -0.1) is 0 Å². The van der Waals surface area contributed by atoms with E-state index in [1.807, 2.05) is 13.8 Å². The summed E-state index contributed by atoms with van der Waals surface area (Å²) >= 11 is 0. The molecule has 0 atom stereocenters. The predicted molar refractivity (Wildman–Crippen MR) is 79.8 cm³/mol. The lowest BCUT2D eigenvalue weighted by Gasteiger charge is -2.32. The Hall–Kier alpha value is -0.170. The standard InChI is InChI=1S/C13H29N3O2S/c1-12(2)14-7-10-19(17,18)16-8-5-13(6-9-16)11-15(3)4/h12-14H,5-11H2,1-4H3. The van der Waals surface area contributed by atoms with Crippen molar-refractivity contribution in [3.8, 4) is 0 Å². The van der Waals surface area contributed by atoms with E-state index in [4.69, 9.17) is 0 Å². The van der Waals surface area contributed by atoms with Crippen molar-refractivity contribution in [3.05, 3.63) is 0 Å². The Balaban J connectivity index is 2.36. The zero-order chi connectivity index (χ0) is 14.5. The molecule has 19 heavy (non-hydrogen) atoms. The number of hydrogen-bond donors (Lipinski definition) is 1. The van der Waals surface area contributed by atoms with Gasteiger partial charge in [0.1, 0.15) is 0 Å². The molecule has 1 fully saturated rings. The van der Waals surface area contributed by atoms with Gasteiger partial charge in [0.25, 0.3) is 0 Å². The maximum Gasteiger partial charge on any atom is 0.215 e. The number of nitrogens with one attached hydrogen (secondary N) is 1. The van der Waals surface area contributed by atoms with Gasteiger partial charge in [0.2, 0.25) is 10.0 Å². The van der Waals surface area contributed by atoms with Crippen LogP contribution in [0.5, 0.6) is 0 Å². The van der Waals surface area contributed by atoms with Gasteiger partial charge >= 0.3 is 0 Å². The Morgan fingerprint density at radius 1 is 1.26 bits per heavy atom. The summed E-state index contributed by atoms with van der Waals surface area (Å²) in [6, 6.07) is 0.334. The predicted octanol–water partition coefficient (Wildman–Crippen LogP) is 0.588. The first kappa shape index (κ1) is 16.9. The molecule has 114 valence electrons. The number of sulfonamides is 1. The first-order valence-corrected chi connectivity index (χ1v) is 8.78. The van der Waals surface area contributed by atoms with Gasteiger partial charge in [-0.1, -0.05) is 13.8 Å². The Labute approximate surface area is 118 Å². The van der Waals surface area contributed by atoms with Gasteiger partial charge in [0.15, 0.2) is 0 Å². The highest BCUT2D eigenvalue weighted by atomic mass is 32.2. The van der Waals surface area contributed by atoms with E-state index in [1.54, 1.807) is 4.31 Å². The van der Waals surface area contributed by atoms with Crippen LogP contribution in [0, 0.1) is 5.92 Å². The van der Waals surface area contributed by atoms with Crippen LogP contribution in [0.4, 0.5) is 0 Å². The molecule has 0 amide bonds. The molecule has 0 aromatic carbocycles. The van der Waals surface area contributed by atoms with Gasteiger partial charge < -0.3 is 10.2 Å². The molecule has 0 spiro atoms. The fourth-order valence-electron chi connectivity index (χ4n) is 2.49. The molecule has 0 aromatic rings. The second-order valence-electron chi connectivity index (χ2n) is 6.03. The van der Waals surface area contributed by atoms with E-state index >= 15 is 0 Å². The monoisotopic (exact) mass is 291 g/mol. The Bertz CT molecular complexity index is 347. The summed E-state index contributed by atoms with van der Waals surface area (Å²) in [7, 11) is 1.07. The van der Waals surface area contributed by atoms with E-state index in [1.165, 1.54) is 0 Å². The topological polar surface area (TPSA) is 52.7 Å². The normalized spacial score (nSPS) is 19.5. The Morgan fingerprint density at radius 3 is 2.32 bits per heavy atom. The van der Waals surface area contributed by atoms with Crippen molar-refractivity contribution in [1.82, 2.24) is 14.5 Å². The van der Waals surface area contributed by atoms with Crippen LogP contribution < -0.4 is 5.32 Å². The molecule has 1 aliphatic rings. The maximum absolute atomic E-state index is 12.2. The minimum absolute atomic E-state index is 0.212. The van der Waals surface area contributed by atoms with E-state index in [2.05, 4.69) is 24.3 Å². The minimum Gasteiger partial charge on any atom is -0.313 e. The van der Waals surface area contributed by atoms with Crippen molar-refractivity contribution in [2.24, 2.45) is 5.92 Å². The molecule has 0 aromatic heterocycles. The van der Waals surface area contributed by atoms with Crippen LogP contribution in [0.25, 0.3) is 0 Å². The van der Waals surface area contributed by atoms with E-state index in [9.17, 15) is 8.42 Å². The number of rotatable bonds is 7. The highest BCUT2D eigenvalue weighted by molar-refractivity contribution is 7.89. The van der Waals surface area contributed by atoms with Gasteiger partial charge in [-0.2, -0.15) is 0 Å². The first-order chi connectivity index (χ1) is 8.81. The fourth-order valence-corrected chi connectivity index (χ4v) is 3.89. The fraction of sp³-hybridized carbons (Fsp3) is 1.00. The minimum atomic E-state index is -3.07. The molecule has 0 bridgehead atoms. The van der Waals surface area contributed by atoms with Crippen LogP contribution >= 0.6 is 0 Å². The highest BCUT2D eigenvalue weighted by Gasteiger charge is 2.27. The van der Waals surface area contributed by atoms with Crippen LogP contribution in [0.2, 0.25) is 0 Å². The van der Waals surface area contributed by atoms with E-state index in [0.29, 0.717) is 31.6 Å². The van der Waals surface area contributed by atoms with Gasteiger partial charge in [-0.3, -0.25) is 0 Å². The lowest BCUT2D eigenvalue weighted by molar-refractivity contribution is 0.225. The molecule has 1 N–H and O–H groups in total. The summed E-state index contributed by atoms with van der Waals surface area (Å²) in [6.07, 6.45) is 1.96. The molecule has 0 saturated carbocycles. The zero-order valence-corrected chi connectivity index (χ0v) is 13.5. The number of hydrogen-bond acceptors (Lipinski definition) is 4. The molecule has 0 aliphatic carbocycles. The lowest BCUT2D eigenvalue weighted by atomic mass is 9.98. The van der Waals surface area contributed by atoms with Crippen molar-refractivity contribution in [1.29, 1.82) is 0 Å². The summed E-state index contributed by atoms with van der Waals surface area (Å²) in [5, 5.41) is 3.16. The highest BCUT2D eigenvalue weighted by Crippen LogP contribution is 2.20. The molecule has 1 rings (SSSR count). The summed E-state index contributed by atoms with van der Waals surface area (Å²) in [4.78, 5) is 2.18. The quantitative estimate of drug-likeness (QED) is 0.746. The average molecular weight is 291 g/mol. The molecule has 6 heteroatoms. The molecular formula is C13H29N3O2S. The SMILES string of the molecule is CC(C)NCCS(=O)(=O)N1CCC(CN(C)C)CC1. The summed E-state index contributed by atoms with van der Waals surface area (Å²) in [6.45, 7) is 7.02. The second-order valence-corrected chi connectivity index (χ2v) is 8.12. The maximum atomic E-state index is 12.2. The Kier molecular flexibility index (Phi) is 6.73. The third-order valence-corrected chi connectivity index (χ3v) is 5.37. The van der Waals surface area contributed by atoms with Crippen molar-refractivity contribution in [2.75, 3.05) is 46.0 Å². The second kappa shape index (κ2) is 7.57. The Morgan fingerprint density at radius 2 is 1.84 bits per heavy atom.